The second-order valence-electron chi connectivity index (χ2n) is 5.90. The fraction of sp³-hybridized carbons (Fsp3) is 0.353. The van der Waals surface area contributed by atoms with Gasteiger partial charge in [0.1, 0.15) is 5.82 Å². The van der Waals surface area contributed by atoms with Gasteiger partial charge < -0.3 is 4.57 Å². The predicted molar refractivity (Wildman–Crippen MR) is 96.9 cm³/mol. The monoisotopic (exact) mass is 374 g/mol. The number of hydrogen-bond acceptors (Lipinski definition) is 6. The zero-order chi connectivity index (χ0) is 17.9. The summed E-state index contributed by atoms with van der Waals surface area (Å²) in [4.78, 5) is 0. The average molecular weight is 374 g/mol. The summed E-state index contributed by atoms with van der Waals surface area (Å²) in [5.41, 5.74) is 1.58. The minimum Gasteiger partial charge on any atom is -0.302 e. The van der Waals surface area contributed by atoms with Crippen LogP contribution in [0.15, 0.2) is 42.1 Å². The first-order valence-corrected chi connectivity index (χ1v) is 10.7. The van der Waals surface area contributed by atoms with Crippen molar-refractivity contribution in [1.82, 2.24) is 14.8 Å². The molecule has 8 heteroatoms. The van der Waals surface area contributed by atoms with Crippen LogP contribution in [0.2, 0.25) is 0 Å². The van der Waals surface area contributed by atoms with Crippen LogP contribution in [0.5, 0.6) is 0 Å². The van der Waals surface area contributed by atoms with Gasteiger partial charge >= 0.3 is 0 Å². The van der Waals surface area contributed by atoms with Gasteiger partial charge in [-0.15, -0.1) is 16.8 Å². The molecule has 1 aromatic carbocycles. The van der Waals surface area contributed by atoms with E-state index in [0.717, 1.165) is 5.56 Å². The molecular formula is C17H18N4O2S2. The van der Waals surface area contributed by atoms with E-state index in [9.17, 15) is 13.7 Å². The summed E-state index contributed by atoms with van der Waals surface area (Å²) in [5, 5.41) is 18.4. The molecule has 2 heterocycles. The molecule has 0 amide bonds. The van der Waals surface area contributed by atoms with Crippen molar-refractivity contribution in [3.63, 3.8) is 0 Å². The number of thioether (sulfide) groups is 1. The molecular weight excluding hydrogens is 356 g/mol. The lowest BCUT2D eigenvalue weighted by molar-refractivity contribution is 0.597. The summed E-state index contributed by atoms with van der Waals surface area (Å²) in [6.07, 6.45) is 2.34. The number of nitriles is 1. The first kappa shape index (κ1) is 17.7. The molecule has 1 aliphatic heterocycles. The Morgan fingerprint density at radius 2 is 2.20 bits per heavy atom. The summed E-state index contributed by atoms with van der Waals surface area (Å²) in [5.74, 6) is 1.53. The van der Waals surface area contributed by atoms with Crippen molar-refractivity contribution in [2.24, 2.45) is 0 Å². The van der Waals surface area contributed by atoms with Crippen LogP contribution in [-0.2, 0) is 22.1 Å². The molecule has 0 radical (unpaired) electrons. The maximum Gasteiger partial charge on any atom is 0.191 e. The minimum atomic E-state index is -2.98. The molecule has 1 saturated heterocycles. The summed E-state index contributed by atoms with van der Waals surface area (Å²) >= 11 is 1.49. The highest BCUT2D eigenvalue weighted by Gasteiger charge is 2.33. The third-order valence-electron chi connectivity index (χ3n) is 4.15. The van der Waals surface area contributed by atoms with Gasteiger partial charge in [0.15, 0.2) is 15.0 Å². The molecule has 0 spiro atoms. The lowest BCUT2D eigenvalue weighted by Crippen LogP contribution is -2.11. The number of aromatic nitrogens is 3. The van der Waals surface area contributed by atoms with Crippen LogP contribution in [0.1, 0.15) is 29.3 Å². The molecule has 2 aromatic rings. The normalized spacial score (nSPS) is 18.8. The van der Waals surface area contributed by atoms with Gasteiger partial charge in [0.05, 0.1) is 23.1 Å². The molecule has 1 aliphatic rings. The SMILES string of the molecule is C=CCn1c(SCc2ccccc2C#N)nnc1[C@@H]1CCS(=O)(=O)C1. The molecule has 0 bridgehead atoms. The van der Waals surface area contributed by atoms with Gasteiger partial charge in [-0.05, 0) is 18.1 Å². The number of sulfone groups is 1. The standard InChI is InChI=1S/C17H18N4O2S2/c1-2-8-21-16(15-7-9-25(22,23)12-15)19-20-17(21)24-11-14-6-4-3-5-13(14)10-18/h2-6,15H,1,7-9,11-12H2/t15-/m1/s1. The Bertz CT molecular complexity index is 928. The van der Waals surface area contributed by atoms with Gasteiger partial charge in [0.25, 0.3) is 0 Å². The molecule has 1 fully saturated rings. The molecule has 0 saturated carbocycles. The third kappa shape index (κ3) is 3.94. The number of allylic oxidation sites excluding steroid dienone is 1. The average Bonchev–Trinajstić information content (AvgIpc) is 3.16. The third-order valence-corrected chi connectivity index (χ3v) is 6.93. The number of hydrogen-bond donors (Lipinski definition) is 0. The molecule has 25 heavy (non-hydrogen) atoms. The second kappa shape index (κ2) is 7.42. The Labute approximate surface area is 151 Å². The first-order chi connectivity index (χ1) is 12.0. The van der Waals surface area contributed by atoms with Crippen molar-refractivity contribution >= 4 is 21.6 Å². The van der Waals surface area contributed by atoms with E-state index < -0.39 is 9.84 Å². The molecule has 6 nitrogen and oxygen atoms in total. The minimum absolute atomic E-state index is 0.113. The maximum atomic E-state index is 11.8. The van der Waals surface area contributed by atoms with Gasteiger partial charge in [0, 0.05) is 18.2 Å². The van der Waals surface area contributed by atoms with E-state index in [2.05, 4.69) is 22.8 Å². The quantitative estimate of drug-likeness (QED) is 0.570. The van der Waals surface area contributed by atoms with Crippen LogP contribution in [-0.4, -0.2) is 34.7 Å². The van der Waals surface area contributed by atoms with E-state index in [1.807, 2.05) is 22.8 Å². The summed E-state index contributed by atoms with van der Waals surface area (Å²) < 4.78 is 25.4. The lowest BCUT2D eigenvalue weighted by atomic mass is 10.1. The van der Waals surface area contributed by atoms with E-state index in [1.165, 1.54) is 11.8 Å². The van der Waals surface area contributed by atoms with Crippen LogP contribution in [0, 0.1) is 11.3 Å². The molecule has 3 rings (SSSR count). The van der Waals surface area contributed by atoms with Crippen LogP contribution in [0.4, 0.5) is 0 Å². The summed E-state index contributed by atoms with van der Waals surface area (Å²) in [6.45, 7) is 4.30. The Kier molecular flexibility index (Phi) is 5.25. The first-order valence-electron chi connectivity index (χ1n) is 7.89. The van der Waals surface area contributed by atoms with E-state index in [-0.39, 0.29) is 17.4 Å². The number of nitrogens with zero attached hydrogens (tertiary/aromatic N) is 4. The number of benzene rings is 1. The summed E-state index contributed by atoms with van der Waals surface area (Å²) in [6, 6.07) is 9.64. The van der Waals surface area contributed by atoms with Crippen molar-refractivity contribution in [3.05, 3.63) is 53.9 Å². The zero-order valence-electron chi connectivity index (χ0n) is 13.6. The van der Waals surface area contributed by atoms with Gasteiger partial charge in [-0.25, -0.2) is 8.42 Å². The Morgan fingerprint density at radius 1 is 1.40 bits per heavy atom. The Morgan fingerprint density at radius 3 is 2.88 bits per heavy atom. The molecule has 1 aromatic heterocycles. The van der Waals surface area contributed by atoms with Crippen molar-refractivity contribution in [1.29, 1.82) is 5.26 Å². The van der Waals surface area contributed by atoms with Crippen molar-refractivity contribution in [2.45, 2.75) is 29.8 Å². The highest BCUT2D eigenvalue weighted by Crippen LogP contribution is 2.31. The largest absolute Gasteiger partial charge is 0.302 e. The van der Waals surface area contributed by atoms with E-state index in [4.69, 9.17) is 0 Å². The van der Waals surface area contributed by atoms with E-state index in [0.29, 0.717) is 35.3 Å². The topological polar surface area (TPSA) is 88.6 Å². The highest BCUT2D eigenvalue weighted by atomic mass is 32.2. The molecule has 1 atom stereocenters. The van der Waals surface area contributed by atoms with Crippen LogP contribution < -0.4 is 0 Å². The van der Waals surface area contributed by atoms with E-state index >= 15 is 0 Å². The molecule has 0 N–H and O–H groups in total. The van der Waals surface area contributed by atoms with Gasteiger partial charge in [-0.1, -0.05) is 36.0 Å². The zero-order valence-corrected chi connectivity index (χ0v) is 15.3. The van der Waals surface area contributed by atoms with Crippen molar-refractivity contribution in [2.75, 3.05) is 11.5 Å². The van der Waals surface area contributed by atoms with Crippen molar-refractivity contribution < 1.29 is 8.42 Å². The Balaban J connectivity index is 1.82. The summed E-state index contributed by atoms with van der Waals surface area (Å²) in [7, 11) is -2.98. The lowest BCUT2D eigenvalue weighted by Gasteiger charge is -2.11. The number of rotatable bonds is 6. The maximum absolute atomic E-state index is 11.8. The predicted octanol–water partition coefficient (Wildman–Crippen LogP) is 2.53. The Hall–Kier alpha value is -2.11. The van der Waals surface area contributed by atoms with Crippen molar-refractivity contribution in [3.8, 4) is 6.07 Å². The second-order valence-corrected chi connectivity index (χ2v) is 9.07. The van der Waals surface area contributed by atoms with E-state index in [1.54, 1.807) is 12.1 Å². The van der Waals surface area contributed by atoms with Crippen LogP contribution in [0.3, 0.4) is 0 Å². The van der Waals surface area contributed by atoms with Gasteiger partial charge in [0.2, 0.25) is 0 Å². The van der Waals surface area contributed by atoms with Gasteiger partial charge in [-0.2, -0.15) is 5.26 Å². The highest BCUT2D eigenvalue weighted by molar-refractivity contribution is 7.98. The molecule has 130 valence electrons. The fourth-order valence-corrected chi connectivity index (χ4v) is 5.60. The van der Waals surface area contributed by atoms with Crippen LogP contribution >= 0.6 is 11.8 Å². The van der Waals surface area contributed by atoms with Gasteiger partial charge in [-0.3, -0.25) is 0 Å². The van der Waals surface area contributed by atoms with Crippen LogP contribution in [0.25, 0.3) is 0 Å². The molecule has 0 aliphatic carbocycles. The molecule has 0 unspecified atom stereocenters. The fourth-order valence-electron chi connectivity index (χ4n) is 2.91. The smallest absolute Gasteiger partial charge is 0.191 e.